The SMILES string of the molecule is Clc1ccccc1Cl.ON=CCl. The van der Waals surface area contributed by atoms with Crippen molar-refractivity contribution in [2.24, 2.45) is 5.16 Å². The van der Waals surface area contributed by atoms with E-state index in [1.807, 2.05) is 12.1 Å². The second kappa shape index (κ2) is 7.22. The molecule has 1 N–H and O–H groups in total. The molecule has 0 spiro atoms. The van der Waals surface area contributed by atoms with Crippen LogP contribution in [0, 0.1) is 0 Å². The third-order valence-electron chi connectivity index (χ3n) is 0.868. The molecule has 0 saturated carbocycles. The third-order valence-corrected chi connectivity index (χ3v) is 1.71. The van der Waals surface area contributed by atoms with Crippen molar-refractivity contribution >= 4 is 40.5 Å². The number of benzene rings is 1. The Bertz CT molecular complexity index is 227. The van der Waals surface area contributed by atoms with Gasteiger partial charge in [-0.1, -0.05) is 52.1 Å². The molecule has 0 radical (unpaired) electrons. The average molecular weight is 226 g/mol. The Morgan fingerprint density at radius 2 is 1.50 bits per heavy atom. The Hall–Kier alpha value is -0.440. The zero-order valence-electron chi connectivity index (χ0n) is 5.92. The highest BCUT2D eigenvalue weighted by atomic mass is 35.5. The van der Waals surface area contributed by atoms with Gasteiger partial charge in [-0.2, -0.15) is 0 Å². The summed E-state index contributed by atoms with van der Waals surface area (Å²) in [6, 6.07) is 7.19. The lowest BCUT2D eigenvalue weighted by Gasteiger charge is -1.88. The summed E-state index contributed by atoms with van der Waals surface area (Å²) in [7, 11) is 0. The number of nitrogens with zero attached hydrogens (tertiary/aromatic N) is 1. The Morgan fingerprint density at radius 1 is 1.17 bits per heavy atom. The largest absolute Gasteiger partial charge is 0.410 e. The van der Waals surface area contributed by atoms with Crippen molar-refractivity contribution in [1.82, 2.24) is 0 Å². The summed E-state index contributed by atoms with van der Waals surface area (Å²) in [6.07, 6.45) is 0. The van der Waals surface area contributed by atoms with Crippen LogP contribution in [0.25, 0.3) is 0 Å². The van der Waals surface area contributed by atoms with Crippen molar-refractivity contribution in [2.45, 2.75) is 0 Å². The molecule has 0 atom stereocenters. The molecule has 0 aromatic heterocycles. The van der Waals surface area contributed by atoms with Gasteiger partial charge in [-0.15, -0.1) is 0 Å². The lowest BCUT2D eigenvalue weighted by Crippen LogP contribution is -1.62. The second-order valence-electron chi connectivity index (χ2n) is 1.63. The van der Waals surface area contributed by atoms with Crippen LogP contribution in [0.3, 0.4) is 0 Å². The smallest absolute Gasteiger partial charge is 0.132 e. The molecule has 0 aliphatic heterocycles. The van der Waals surface area contributed by atoms with E-state index in [0.29, 0.717) is 10.0 Å². The minimum absolute atomic E-state index is 0.606. The van der Waals surface area contributed by atoms with Gasteiger partial charge in [0.1, 0.15) is 5.67 Å². The summed E-state index contributed by atoms with van der Waals surface area (Å²) < 4.78 is 0. The van der Waals surface area contributed by atoms with Crippen LogP contribution >= 0.6 is 34.8 Å². The van der Waals surface area contributed by atoms with Crippen LogP contribution < -0.4 is 0 Å². The molecule has 1 rings (SSSR count). The fraction of sp³-hybridized carbons (Fsp3) is 0. The molecule has 1 aromatic carbocycles. The number of oxime groups is 1. The Kier molecular flexibility index (Phi) is 6.96. The maximum Gasteiger partial charge on any atom is 0.132 e. The summed E-state index contributed by atoms with van der Waals surface area (Å²) in [5.74, 6) is 0. The van der Waals surface area contributed by atoms with Gasteiger partial charge in [0, 0.05) is 0 Å². The Labute approximate surface area is 85.4 Å². The van der Waals surface area contributed by atoms with E-state index < -0.39 is 0 Å². The summed E-state index contributed by atoms with van der Waals surface area (Å²) in [5, 5.41) is 10.9. The summed E-state index contributed by atoms with van der Waals surface area (Å²) >= 11 is 15.8. The summed E-state index contributed by atoms with van der Waals surface area (Å²) in [6.45, 7) is 0. The normalized spacial score (nSPS) is 9.25. The molecule has 0 aliphatic carbocycles. The van der Waals surface area contributed by atoms with Crippen molar-refractivity contribution in [1.29, 1.82) is 0 Å². The van der Waals surface area contributed by atoms with Crippen LogP contribution in [0.2, 0.25) is 10.0 Å². The first-order valence-corrected chi connectivity index (χ1v) is 4.07. The Morgan fingerprint density at radius 3 is 1.67 bits per heavy atom. The standard InChI is InChI=1S/C6H4Cl2.CH2ClNO/c7-5-3-1-2-4-6(5)8;2-1-3-4/h1-4H;1,4H. The van der Waals surface area contributed by atoms with Gasteiger partial charge in [0.05, 0.1) is 10.0 Å². The molecule has 0 aliphatic rings. The maximum absolute atomic E-state index is 7.31. The molecule has 0 bridgehead atoms. The lowest BCUT2D eigenvalue weighted by molar-refractivity contribution is 0.323. The Balaban J connectivity index is 0.000000261. The molecule has 0 unspecified atom stereocenters. The average Bonchev–Trinajstić information content (AvgIpc) is 2.11. The van der Waals surface area contributed by atoms with Gasteiger partial charge in [0.2, 0.25) is 0 Å². The van der Waals surface area contributed by atoms with E-state index in [1.54, 1.807) is 12.1 Å². The number of halogens is 3. The van der Waals surface area contributed by atoms with E-state index in [-0.39, 0.29) is 0 Å². The minimum Gasteiger partial charge on any atom is -0.410 e. The predicted molar refractivity (Wildman–Crippen MR) is 52.6 cm³/mol. The molecule has 0 fully saturated rings. The third kappa shape index (κ3) is 5.24. The molecule has 0 saturated heterocycles. The van der Waals surface area contributed by atoms with Gasteiger partial charge >= 0.3 is 0 Å². The quantitative estimate of drug-likeness (QED) is 0.409. The monoisotopic (exact) mass is 225 g/mol. The molecule has 1 aromatic rings. The predicted octanol–water partition coefficient (Wildman–Crippen LogP) is 3.64. The highest BCUT2D eigenvalue weighted by Gasteiger charge is 1.89. The van der Waals surface area contributed by atoms with Gasteiger partial charge in [0.25, 0.3) is 0 Å². The zero-order chi connectivity index (χ0) is 9.40. The second-order valence-corrected chi connectivity index (χ2v) is 2.64. The van der Waals surface area contributed by atoms with Crippen molar-refractivity contribution < 1.29 is 5.21 Å². The molecule has 5 heteroatoms. The van der Waals surface area contributed by atoms with E-state index in [0.717, 1.165) is 5.67 Å². The molecular weight excluding hydrogens is 220 g/mol. The van der Waals surface area contributed by atoms with Gasteiger partial charge in [-0.05, 0) is 12.1 Å². The van der Waals surface area contributed by atoms with Gasteiger partial charge in [-0.3, -0.25) is 0 Å². The number of hydrogen-bond acceptors (Lipinski definition) is 2. The van der Waals surface area contributed by atoms with E-state index >= 15 is 0 Å². The topological polar surface area (TPSA) is 32.6 Å². The zero-order valence-corrected chi connectivity index (χ0v) is 8.18. The van der Waals surface area contributed by atoms with Crippen molar-refractivity contribution in [3.63, 3.8) is 0 Å². The van der Waals surface area contributed by atoms with Crippen molar-refractivity contribution in [2.75, 3.05) is 0 Å². The van der Waals surface area contributed by atoms with E-state index in [2.05, 4.69) is 16.8 Å². The maximum atomic E-state index is 7.31. The van der Waals surface area contributed by atoms with Gasteiger partial charge in [-0.25, -0.2) is 0 Å². The van der Waals surface area contributed by atoms with Gasteiger partial charge in [0.15, 0.2) is 0 Å². The van der Waals surface area contributed by atoms with Crippen LogP contribution in [0.5, 0.6) is 0 Å². The summed E-state index contributed by atoms with van der Waals surface area (Å²) in [5.41, 5.74) is 0.778. The minimum atomic E-state index is 0.606. The number of hydrogen-bond donors (Lipinski definition) is 1. The molecule has 0 amide bonds. The molecule has 66 valence electrons. The van der Waals surface area contributed by atoms with Crippen LogP contribution in [-0.4, -0.2) is 10.9 Å². The lowest BCUT2D eigenvalue weighted by atomic mass is 10.4. The fourth-order valence-electron chi connectivity index (χ4n) is 0.439. The molecule has 12 heavy (non-hydrogen) atoms. The van der Waals surface area contributed by atoms with Crippen LogP contribution in [-0.2, 0) is 0 Å². The summed E-state index contributed by atoms with van der Waals surface area (Å²) in [4.78, 5) is 0. The van der Waals surface area contributed by atoms with Crippen molar-refractivity contribution in [3.8, 4) is 0 Å². The molecule has 2 nitrogen and oxygen atoms in total. The molecular formula is C7H6Cl3NO. The fourth-order valence-corrected chi connectivity index (χ4v) is 0.711. The highest BCUT2D eigenvalue weighted by molar-refractivity contribution is 6.56. The first kappa shape index (κ1) is 11.6. The van der Waals surface area contributed by atoms with E-state index in [9.17, 15) is 0 Å². The van der Waals surface area contributed by atoms with Crippen LogP contribution in [0.4, 0.5) is 0 Å². The first-order chi connectivity index (χ1) is 5.72. The molecule has 0 heterocycles. The van der Waals surface area contributed by atoms with Gasteiger partial charge < -0.3 is 5.21 Å². The van der Waals surface area contributed by atoms with E-state index in [4.69, 9.17) is 28.4 Å². The van der Waals surface area contributed by atoms with Crippen LogP contribution in [0.1, 0.15) is 0 Å². The van der Waals surface area contributed by atoms with Crippen molar-refractivity contribution in [3.05, 3.63) is 34.3 Å². The van der Waals surface area contributed by atoms with Crippen LogP contribution in [0.15, 0.2) is 29.4 Å². The number of rotatable bonds is 0. The first-order valence-electron chi connectivity index (χ1n) is 2.88. The highest BCUT2D eigenvalue weighted by Crippen LogP contribution is 2.19. The van der Waals surface area contributed by atoms with E-state index in [1.165, 1.54) is 0 Å².